The van der Waals surface area contributed by atoms with Crippen molar-refractivity contribution >= 4 is 23.3 Å². The van der Waals surface area contributed by atoms with Gasteiger partial charge in [0.15, 0.2) is 11.6 Å². The summed E-state index contributed by atoms with van der Waals surface area (Å²) in [4.78, 5) is 14.4. The van der Waals surface area contributed by atoms with Gasteiger partial charge in [-0.2, -0.15) is 0 Å². The number of para-hydroxylation sites is 1. The van der Waals surface area contributed by atoms with Crippen LogP contribution in [0.3, 0.4) is 0 Å². The summed E-state index contributed by atoms with van der Waals surface area (Å²) in [5.41, 5.74) is 0.550. The number of amides is 2. The molecule has 0 spiro atoms. The molecule has 8 heteroatoms. The lowest BCUT2D eigenvalue weighted by molar-refractivity contribution is 0.204. The van der Waals surface area contributed by atoms with Crippen LogP contribution in [-0.2, 0) is 7.05 Å². The SMILES string of the molecule is COc1c(Cl)cccc1NC(=O)N1CCCC1c1nncn1C. The van der Waals surface area contributed by atoms with Crippen LogP contribution in [0.4, 0.5) is 10.5 Å². The monoisotopic (exact) mass is 335 g/mol. The number of ether oxygens (including phenoxy) is 1. The van der Waals surface area contributed by atoms with E-state index in [1.807, 2.05) is 11.6 Å². The predicted molar refractivity (Wildman–Crippen MR) is 86.7 cm³/mol. The summed E-state index contributed by atoms with van der Waals surface area (Å²) in [7, 11) is 3.40. The third kappa shape index (κ3) is 2.96. The Morgan fingerprint density at radius 1 is 1.48 bits per heavy atom. The Bertz CT molecular complexity index is 718. The fraction of sp³-hybridized carbons (Fsp3) is 0.400. The molecule has 1 fully saturated rings. The van der Waals surface area contributed by atoms with Crippen LogP contribution in [0.2, 0.25) is 5.02 Å². The topological polar surface area (TPSA) is 72.3 Å². The van der Waals surface area contributed by atoms with E-state index in [2.05, 4.69) is 15.5 Å². The highest BCUT2D eigenvalue weighted by molar-refractivity contribution is 6.32. The second kappa shape index (κ2) is 6.45. The van der Waals surface area contributed by atoms with Gasteiger partial charge in [-0.05, 0) is 25.0 Å². The molecule has 23 heavy (non-hydrogen) atoms. The number of hydrogen-bond donors (Lipinski definition) is 1. The molecule has 0 bridgehead atoms. The van der Waals surface area contributed by atoms with Gasteiger partial charge in [0.25, 0.3) is 0 Å². The molecule has 1 atom stereocenters. The summed E-state index contributed by atoms with van der Waals surface area (Å²) in [5.74, 6) is 1.24. The van der Waals surface area contributed by atoms with Crippen LogP contribution in [0.5, 0.6) is 5.75 Å². The fourth-order valence-electron chi connectivity index (χ4n) is 2.87. The molecule has 1 aromatic heterocycles. The average Bonchev–Trinajstić information content (AvgIpc) is 3.15. The molecule has 122 valence electrons. The van der Waals surface area contributed by atoms with Gasteiger partial charge >= 0.3 is 6.03 Å². The normalized spacial score (nSPS) is 17.3. The smallest absolute Gasteiger partial charge is 0.322 e. The number of methoxy groups -OCH3 is 1. The minimum Gasteiger partial charge on any atom is -0.493 e. The number of hydrogen-bond acceptors (Lipinski definition) is 4. The minimum atomic E-state index is -0.198. The second-order valence-electron chi connectivity index (χ2n) is 5.40. The standard InChI is InChI=1S/C15H18ClN5O2/c1-20-9-17-19-14(20)12-7-4-8-21(12)15(22)18-11-6-3-5-10(16)13(11)23-2/h3,5-6,9,12H,4,7-8H2,1-2H3,(H,18,22). The van der Waals surface area contributed by atoms with Crippen LogP contribution in [-0.4, -0.2) is 39.4 Å². The number of nitrogens with one attached hydrogen (secondary N) is 1. The van der Waals surface area contributed by atoms with E-state index in [1.54, 1.807) is 29.4 Å². The van der Waals surface area contributed by atoms with Crippen molar-refractivity contribution in [2.24, 2.45) is 7.05 Å². The zero-order valence-corrected chi connectivity index (χ0v) is 13.7. The van der Waals surface area contributed by atoms with Crippen molar-refractivity contribution in [3.05, 3.63) is 35.4 Å². The number of benzene rings is 1. The Kier molecular flexibility index (Phi) is 4.38. The first-order valence-electron chi connectivity index (χ1n) is 7.36. The molecule has 2 amide bonds. The minimum absolute atomic E-state index is 0.0762. The van der Waals surface area contributed by atoms with Crippen molar-refractivity contribution in [1.82, 2.24) is 19.7 Å². The molecule has 2 heterocycles. The van der Waals surface area contributed by atoms with Gasteiger partial charge in [-0.3, -0.25) is 0 Å². The molecule has 0 saturated carbocycles. The van der Waals surface area contributed by atoms with E-state index in [-0.39, 0.29) is 12.1 Å². The van der Waals surface area contributed by atoms with Gasteiger partial charge in [0.1, 0.15) is 6.33 Å². The highest BCUT2D eigenvalue weighted by Crippen LogP contribution is 2.35. The maximum Gasteiger partial charge on any atom is 0.322 e. The first-order chi connectivity index (χ1) is 11.1. The molecule has 3 rings (SSSR count). The molecule has 7 nitrogen and oxygen atoms in total. The number of carbonyl (C=O) groups is 1. The van der Waals surface area contributed by atoms with Gasteiger partial charge < -0.3 is 19.5 Å². The second-order valence-corrected chi connectivity index (χ2v) is 5.81. The summed E-state index contributed by atoms with van der Waals surface area (Å²) in [6, 6.07) is 4.97. The lowest BCUT2D eigenvalue weighted by atomic mass is 10.2. The first-order valence-corrected chi connectivity index (χ1v) is 7.73. The van der Waals surface area contributed by atoms with E-state index in [0.29, 0.717) is 23.0 Å². The van der Waals surface area contributed by atoms with Crippen LogP contribution in [0, 0.1) is 0 Å². The third-order valence-corrected chi connectivity index (χ3v) is 4.27. The molecular weight excluding hydrogens is 318 g/mol. The lowest BCUT2D eigenvalue weighted by Crippen LogP contribution is -2.35. The van der Waals surface area contributed by atoms with Crippen molar-refractivity contribution in [2.45, 2.75) is 18.9 Å². The molecule has 1 unspecified atom stereocenters. The summed E-state index contributed by atoms with van der Waals surface area (Å²) in [6.45, 7) is 0.673. The zero-order valence-electron chi connectivity index (χ0n) is 13.0. The van der Waals surface area contributed by atoms with Crippen LogP contribution >= 0.6 is 11.6 Å². The van der Waals surface area contributed by atoms with Gasteiger partial charge in [0, 0.05) is 13.6 Å². The number of urea groups is 1. The van der Waals surface area contributed by atoms with Gasteiger partial charge in [0.2, 0.25) is 0 Å². The number of aromatic nitrogens is 3. The van der Waals surface area contributed by atoms with Gasteiger partial charge in [-0.25, -0.2) is 4.79 Å². The highest BCUT2D eigenvalue weighted by atomic mass is 35.5. The highest BCUT2D eigenvalue weighted by Gasteiger charge is 2.33. The number of aryl methyl sites for hydroxylation is 1. The summed E-state index contributed by atoms with van der Waals surface area (Å²) in [6.07, 6.45) is 3.44. The van der Waals surface area contributed by atoms with E-state index in [4.69, 9.17) is 16.3 Å². The molecular formula is C15H18ClN5O2. The van der Waals surface area contributed by atoms with Crippen LogP contribution in [0.25, 0.3) is 0 Å². The van der Waals surface area contributed by atoms with Crippen LogP contribution in [0.1, 0.15) is 24.7 Å². The van der Waals surface area contributed by atoms with Crippen molar-refractivity contribution < 1.29 is 9.53 Å². The van der Waals surface area contributed by atoms with E-state index in [9.17, 15) is 4.79 Å². The molecule has 0 radical (unpaired) electrons. The molecule has 0 aliphatic carbocycles. The van der Waals surface area contributed by atoms with E-state index >= 15 is 0 Å². The van der Waals surface area contributed by atoms with Gasteiger partial charge in [-0.15, -0.1) is 10.2 Å². The van der Waals surface area contributed by atoms with Crippen LogP contribution in [0.15, 0.2) is 24.5 Å². The van der Waals surface area contributed by atoms with Gasteiger partial charge in [-0.1, -0.05) is 17.7 Å². The lowest BCUT2D eigenvalue weighted by Gasteiger charge is -2.24. The number of rotatable bonds is 3. The molecule has 1 N–H and O–H groups in total. The molecule has 1 saturated heterocycles. The maximum absolute atomic E-state index is 12.7. The van der Waals surface area contributed by atoms with Crippen molar-refractivity contribution in [3.63, 3.8) is 0 Å². The van der Waals surface area contributed by atoms with E-state index in [1.165, 1.54) is 7.11 Å². The Morgan fingerprint density at radius 2 is 2.30 bits per heavy atom. The van der Waals surface area contributed by atoms with E-state index < -0.39 is 0 Å². The Hall–Kier alpha value is -2.28. The summed E-state index contributed by atoms with van der Waals surface area (Å²) >= 11 is 6.09. The molecule has 1 aliphatic rings. The average molecular weight is 336 g/mol. The number of likely N-dealkylation sites (tertiary alicyclic amines) is 1. The quantitative estimate of drug-likeness (QED) is 0.936. The molecule has 2 aromatic rings. The zero-order chi connectivity index (χ0) is 16.4. The first kappa shape index (κ1) is 15.6. The Balaban J connectivity index is 1.81. The summed E-state index contributed by atoms with van der Waals surface area (Å²) < 4.78 is 7.11. The number of carbonyl (C=O) groups excluding carboxylic acids is 1. The third-order valence-electron chi connectivity index (χ3n) is 3.97. The Labute approximate surface area is 139 Å². The number of nitrogens with zero attached hydrogens (tertiary/aromatic N) is 4. The van der Waals surface area contributed by atoms with Gasteiger partial charge in [0.05, 0.1) is 23.9 Å². The van der Waals surface area contributed by atoms with Crippen molar-refractivity contribution in [1.29, 1.82) is 0 Å². The van der Waals surface area contributed by atoms with Crippen molar-refractivity contribution in [2.75, 3.05) is 19.0 Å². The Morgan fingerprint density at radius 3 is 3.00 bits per heavy atom. The van der Waals surface area contributed by atoms with Crippen LogP contribution < -0.4 is 10.1 Å². The number of anilines is 1. The molecule has 1 aromatic carbocycles. The number of halogens is 1. The summed E-state index contributed by atoms with van der Waals surface area (Å²) in [5, 5.41) is 11.4. The van der Waals surface area contributed by atoms with E-state index in [0.717, 1.165) is 18.7 Å². The van der Waals surface area contributed by atoms with Crippen molar-refractivity contribution in [3.8, 4) is 5.75 Å². The largest absolute Gasteiger partial charge is 0.493 e. The fourth-order valence-corrected chi connectivity index (χ4v) is 3.13. The molecule has 1 aliphatic heterocycles. The predicted octanol–water partition coefficient (Wildman–Crippen LogP) is 2.85. The maximum atomic E-state index is 12.7.